The Hall–Kier alpha value is -1.21. The van der Waals surface area contributed by atoms with Gasteiger partial charge in [-0.1, -0.05) is 55.3 Å². The van der Waals surface area contributed by atoms with Gasteiger partial charge in [0.1, 0.15) is 18.1 Å². The molecule has 6 nitrogen and oxygen atoms in total. The van der Waals surface area contributed by atoms with Gasteiger partial charge in [0.15, 0.2) is 11.6 Å². The SMILES string of the molecule is CC1C2C3C(=O)C(Cl)(Cl)C(=O)[C@H](C)C(=O)O[C@@H](C)/C=C/C4OC4[C@@H](C)[C@@H]3C=C[C@@H]2C[C@@]2(C)O[C@@H]12. The number of allylic oxidation sites excluding steroid dienone is 2. The Balaban J connectivity index is 1.57. The van der Waals surface area contributed by atoms with Crippen molar-refractivity contribution in [1.82, 2.24) is 0 Å². The van der Waals surface area contributed by atoms with Crippen molar-refractivity contribution in [3.63, 3.8) is 0 Å². The second-order valence-corrected chi connectivity index (χ2v) is 12.4. The van der Waals surface area contributed by atoms with Gasteiger partial charge in [-0.3, -0.25) is 14.4 Å². The number of ketones is 2. The standard InChI is InChI=1S/C26H32Cl2O6/c1-11-6-9-17-20(33-17)12(2)16-8-7-15-10-25(5)23(34-25)13(3)18(15)19(16)22(30)26(27,28)21(29)14(4)24(31)32-11/h6-9,11-20,23H,10H2,1-5H3/b9-6+/t11-,12-,13?,14-,15+,16-,17?,18?,19?,20?,23-,25+/m0/s1. The first-order valence-electron chi connectivity index (χ1n) is 12.2. The van der Waals surface area contributed by atoms with E-state index >= 15 is 0 Å². The van der Waals surface area contributed by atoms with Gasteiger partial charge in [-0.25, -0.2) is 0 Å². The van der Waals surface area contributed by atoms with Gasteiger partial charge >= 0.3 is 5.97 Å². The van der Waals surface area contributed by atoms with Crippen LogP contribution >= 0.6 is 23.2 Å². The van der Waals surface area contributed by atoms with Crippen LogP contribution in [0.2, 0.25) is 0 Å². The lowest BCUT2D eigenvalue weighted by Gasteiger charge is -2.47. The van der Waals surface area contributed by atoms with Gasteiger partial charge in [0.25, 0.3) is 0 Å². The molecule has 2 saturated heterocycles. The number of epoxide rings is 2. The van der Waals surface area contributed by atoms with Crippen LogP contribution in [-0.4, -0.2) is 51.9 Å². The molecule has 5 aliphatic rings. The number of fused-ring (bicyclic) bond motifs is 5. The second kappa shape index (κ2) is 8.16. The minimum atomic E-state index is -2.35. The number of ether oxygens (including phenoxy) is 3. The van der Waals surface area contributed by atoms with Crippen molar-refractivity contribution in [2.45, 2.75) is 75.4 Å². The lowest BCUT2D eigenvalue weighted by molar-refractivity contribution is -0.154. The molecule has 1 saturated carbocycles. The molecular weight excluding hydrogens is 479 g/mol. The molecular formula is C26H32Cl2O6. The molecule has 5 rings (SSSR count). The topological polar surface area (TPSA) is 85.5 Å². The monoisotopic (exact) mass is 510 g/mol. The number of hydrogen-bond acceptors (Lipinski definition) is 6. The first-order chi connectivity index (χ1) is 15.9. The van der Waals surface area contributed by atoms with Crippen LogP contribution in [0.5, 0.6) is 0 Å². The molecule has 0 spiro atoms. The summed E-state index contributed by atoms with van der Waals surface area (Å²) >= 11 is 13.1. The highest BCUT2D eigenvalue weighted by molar-refractivity contribution is 6.68. The molecule has 12 atom stereocenters. The molecule has 8 heteroatoms. The van der Waals surface area contributed by atoms with E-state index in [1.807, 2.05) is 6.08 Å². The van der Waals surface area contributed by atoms with Gasteiger partial charge in [0.2, 0.25) is 4.33 Å². The van der Waals surface area contributed by atoms with Crippen LogP contribution in [0.4, 0.5) is 0 Å². The van der Waals surface area contributed by atoms with Crippen molar-refractivity contribution in [2.75, 3.05) is 0 Å². The predicted molar refractivity (Wildman–Crippen MR) is 126 cm³/mol. The lowest BCUT2D eigenvalue weighted by atomic mass is 9.55. The first kappa shape index (κ1) is 24.5. The summed E-state index contributed by atoms with van der Waals surface area (Å²) in [5.74, 6) is -4.06. The summed E-state index contributed by atoms with van der Waals surface area (Å²) in [5.41, 5.74) is -0.173. The third-order valence-corrected chi connectivity index (χ3v) is 9.54. The van der Waals surface area contributed by atoms with E-state index in [2.05, 4.69) is 32.9 Å². The highest BCUT2D eigenvalue weighted by Crippen LogP contribution is 2.60. The van der Waals surface area contributed by atoms with Crippen molar-refractivity contribution >= 4 is 40.7 Å². The second-order valence-electron chi connectivity index (χ2n) is 11.1. The highest BCUT2D eigenvalue weighted by Gasteiger charge is 2.66. The molecule has 5 unspecified atom stereocenters. The van der Waals surface area contributed by atoms with Crippen molar-refractivity contribution < 1.29 is 28.6 Å². The minimum absolute atomic E-state index is 0.00103. The maximum Gasteiger partial charge on any atom is 0.316 e. The van der Waals surface area contributed by atoms with Gasteiger partial charge < -0.3 is 14.2 Å². The Morgan fingerprint density at radius 1 is 0.941 bits per heavy atom. The fraction of sp³-hybridized carbons (Fsp3) is 0.731. The molecule has 0 aromatic rings. The highest BCUT2D eigenvalue weighted by atomic mass is 35.5. The minimum Gasteiger partial charge on any atom is -0.458 e. The largest absolute Gasteiger partial charge is 0.458 e. The molecule has 2 aliphatic carbocycles. The van der Waals surface area contributed by atoms with Gasteiger partial charge in [-0.15, -0.1) is 0 Å². The molecule has 0 radical (unpaired) electrons. The molecule has 0 bridgehead atoms. The van der Waals surface area contributed by atoms with Gasteiger partial charge in [0, 0.05) is 5.92 Å². The normalized spacial score (nSPS) is 52.8. The third kappa shape index (κ3) is 3.80. The Bertz CT molecular complexity index is 974. The number of hydrogen-bond donors (Lipinski definition) is 0. The Labute approximate surface area is 210 Å². The van der Waals surface area contributed by atoms with Crippen LogP contribution in [0.25, 0.3) is 0 Å². The number of carbonyl (C=O) groups excluding carboxylic acids is 3. The van der Waals surface area contributed by atoms with Crippen molar-refractivity contribution in [2.24, 2.45) is 41.4 Å². The van der Waals surface area contributed by atoms with E-state index in [4.69, 9.17) is 37.4 Å². The van der Waals surface area contributed by atoms with Crippen LogP contribution < -0.4 is 0 Å². The summed E-state index contributed by atoms with van der Waals surface area (Å²) in [6.45, 7) is 9.39. The van der Waals surface area contributed by atoms with E-state index < -0.39 is 39.8 Å². The molecule has 3 aliphatic heterocycles. The molecule has 0 aromatic carbocycles. The maximum atomic E-state index is 14.1. The summed E-state index contributed by atoms with van der Waals surface area (Å²) in [7, 11) is 0. The smallest absolute Gasteiger partial charge is 0.316 e. The molecule has 3 fully saturated rings. The summed E-state index contributed by atoms with van der Waals surface area (Å²) in [5, 5.41) is 0. The van der Waals surface area contributed by atoms with E-state index in [1.165, 1.54) is 6.92 Å². The molecule has 3 heterocycles. The maximum absolute atomic E-state index is 14.1. The number of Topliss-reactive ketones (excluding diaryl/α,β-unsaturated/α-hetero) is 2. The number of halogens is 2. The summed E-state index contributed by atoms with van der Waals surface area (Å²) < 4.78 is 15.0. The number of alkyl halides is 2. The summed E-state index contributed by atoms with van der Waals surface area (Å²) in [6, 6.07) is 0. The number of rotatable bonds is 0. The average molecular weight is 511 g/mol. The number of cyclic esters (lactones) is 1. The van der Waals surface area contributed by atoms with E-state index in [0.717, 1.165) is 6.42 Å². The molecule has 0 N–H and O–H groups in total. The first-order valence-corrected chi connectivity index (χ1v) is 13.0. The van der Waals surface area contributed by atoms with Crippen LogP contribution in [0.3, 0.4) is 0 Å². The Morgan fingerprint density at radius 3 is 2.35 bits per heavy atom. The van der Waals surface area contributed by atoms with Crippen LogP contribution in [0.15, 0.2) is 24.3 Å². The zero-order valence-electron chi connectivity index (χ0n) is 20.1. The number of esters is 1. The zero-order chi connectivity index (χ0) is 24.7. The number of carbonyl (C=O) groups is 3. The fourth-order valence-electron chi connectivity index (χ4n) is 6.80. The Kier molecular flexibility index (Phi) is 5.87. The van der Waals surface area contributed by atoms with E-state index in [0.29, 0.717) is 0 Å². The molecule has 0 aromatic heterocycles. The van der Waals surface area contributed by atoms with Crippen LogP contribution in [-0.2, 0) is 28.6 Å². The van der Waals surface area contributed by atoms with Crippen molar-refractivity contribution in [3.05, 3.63) is 24.3 Å². The summed E-state index contributed by atoms with van der Waals surface area (Å²) in [6.07, 6.45) is 8.08. The summed E-state index contributed by atoms with van der Waals surface area (Å²) in [4.78, 5) is 40.0. The fourth-order valence-corrected chi connectivity index (χ4v) is 7.38. The average Bonchev–Trinajstić information content (AvgIpc) is 3.69. The third-order valence-electron chi connectivity index (χ3n) is 8.80. The zero-order valence-corrected chi connectivity index (χ0v) is 21.6. The molecule has 186 valence electrons. The van der Waals surface area contributed by atoms with Crippen LogP contribution in [0.1, 0.15) is 41.0 Å². The quantitative estimate of drug-likeness (QED) is 0.160. The van der Waals surface area contributed by atoms with Crippen molar-refractivity contribution in [3.8, 4) is 0 Å². The van der Waals surface area contributed by atoms with E-state index in [9.17, 15) is 14.4 Å². The molecule has 34 heavy (non-hydrogen) atoms. The lowest BCUT2D eigenvalue weighted by Crippen LogP contribution is -2.54. The van der Waals surface area contributed by atoms with E-state index in [-0.39, 0.29) is 53.5 Å². The molecule has 0 amide bonds. The van der Waals surface area contributed by atoms with Gasteiger partial charge in [-0.2, -0.15) is 0 Å². The predicted octanol–water partition coefficient (Wildman–Crippen LogP) is 4.07. The van der Waals surface area contributed by atoms with Gasteiger partial charge in [-0.05, 0) is 62.9 Å². The van der Waals surface area contributed by atoms with Crippen molar-refractivity contribution in [1.29, 1.82) is 0 Å². The van der Waals surface area contributed by atoms with Crippen LogP contribution in [0, 0.1) is 41.4 Å². The van der Waals surface area contributed by atoms with E-state index in [1.54, 1.807) is 13.0 Å². The Morgan fingerprint density at radius 2 is 1.65 bits per heavy atom. The van der Waals surface area contributed by atoms with Gasteiger partial charge in [0.05, 0.1) is 17.8 Å².